The molecule has 3 aromatic heterocycles. The average Bonchev–Trinajstić information content (AvgIpc) is 3.08. The fourth-order valence-corrected chi connectivity index (χ4v) is 1.85. The Kier molecular flexibility index (Phi) is 2.21. The van der Waals surface area contributed by atoms with Crippen LogP contribution in [0.5, 0.6) is 0 Å². The smallest absolute Gasteiger partial charge is 0.280 e. The van der Waals surface area contributed by atoms with Gasteiger partial charge in [-0.2, -0.15) is 4.98 Å². The number of furan rings is 1. The minimum Gasteiger partial charge on any atom is -0.472 e. The Morgan fingerprint density at radius 3 is 3.05 bits per heavy atom. The number of hydrogen-bond donors (Lipinski definition) is 1. The molecule has 0 spiro atoms. The Morgan fingerprint density at radius 1 is 1.37 bits per heavy atom. The Balaban J connectivity index is 1.63. The first kappa shape index (κ1) is 10.4. The molecule has 1 N–H and O–H groups in total. The fourth-order valence-electron chi connectivity index (χ4n) is 1.85. The van der Waals surface area contributed by atoms with Crippen LogP contribution in [0.15, 0.2) is 33.7 Å². The van der Waals surface area contributed by atoms with Crippen molar-refractivity contribution < 1.29 is 8.94 Å². The molecular weight excluding hydrogens is 248 g/mol. The minimum absolute atomic E-state index is 0.356. The highest BCUT2D eigenvalue weighted by Crippen LogP contribution is 2.21. The Hall–Kier alpha value is -2.48. The molecule has 0 aliphatic carbocycles. The van der Waals surface area contributed by atoms with Crippen molar-refractivity contribution in [3.8, 4) is 23.0 Å². The van der Waals surface area contributed by atoms with Crippen LogP contribution in [0.1, 0.15) is 6.04 Å². The highest BCUT2D eigenvalue weighted by molar-refractivity contribution is 5.55. The normalized spacial score (nSPS) is 15.6. The van der Waals surface area contributed by atoms with E-state index in [0.717, 1.165) is 18.7 Å². The predicted octanol–water partition coefficient (Wildman–Crippen LogP) is 0.732. The van der Waals surface area contributed by atoms with E-state index < -0.39 is 0 Å². The van der Waals surface area contributed by atoms with Gasteiger partial charge in [-0.15, -0.1) is 5.10 Å². The molecule has 0 unspecified atom stereocenters. The van der Waals surface area contributed by atoms with Gasteiger partial charge in [0.2, 0.25) is 5.82 Å². The van der Waals surface area contributed by atoms with Crippen molar-refractivity contribution in [2.24, 2.45) is 0 Å². The second-order valence-electron chi connectivity index (χ2n) is 4.33. The quantitative estimate of drug-likeness (QED) is 0.740. The Bertz CT molecular complexity index is 682. The lowest BCUT2D eigenvalue weighted by atomic mass is 10.2. The molecule has 1 aliphatic rings. The lowest BCUT2D eigenvalue weighted by Crippen LogP contribution is -2.43. The van der Waals surface area contributed by atoms with Gasteiger partial charge in [0.05, 0.1) is 24.1 Å². The molecule has 0 radical (unpaired) electrons. The van der Waals surface area contributed by atoms with E-state index in [4.69, 9.17) is 8.94 Å². The molecule has 1 fully saturated rings. The standard InChI is InChI=1S/C11H10N6O2/c1-2-18-6-7(1)10-13-11(19-15-10)9-5-17(16-14-9)8-3-12-4-8/h1-2,5-6,8,12H,3-4H2. The molecule has 96 valence electrons. The first-order chi connectivity index (χ1) is 9.40. The van der Waals surface area contributed by atoms with Gasteiger partial charge in [-0.3, -0.25) is 0 Å². The zero-order valence-electron chi connectivity index (χ0n) is 9.85. The van der Waals surface area contributed by atoms with E-state index >= 15 is 0 Å². The van der Waals surface area contributed by atoms with Gasteiger partial charge >= 0.3 is 0 Å². The van der Waals surface area contributed by atoms with Crippen molar-refractivity contribution >= 4 is 0 Å². The summed E-state index contributed by atoms with van der Waals surface area (Å²) >= 11 is 0. The third kappa shape index (κ3) is 1.73. The monoisotopic (exact) mass is 258 g/mol. The number of aromatic nitrogens is 5. The summed E-state index contributed by atoms with van der Waals surface area (Å²) in [5.74, 6) is 0.832. The van der Waals surface area contributed by atoms with Gasteiger partial charge in [-0.05, 0) is 6.07 Å². The van der Waals surface area contributed by atoms with Gasteiger partial charge in [0.15, 0.2) is 5.69 Å². The van der Waals surface area contributed by atoms with Crippen LogP contribution in [0.4, 0.5) is 0 Å². The molecule has 0 amide bonds. The largest absolute Gasteiger partial charge is 0.472 e. The summed E-state index contributed by atoms with van der Waals surface area (Å²) in [6.07, 6.45) is 4.94. The summed E-state index contributed by atoms with van der Waals surface area (Å²) in [6.45, 7) is 1.82. The minimum atomic E-state index is 0.356. The van der Waals surface area contributed by atoms with E-state index in [0.29, 0.717) is 23.5 Å². The molecule has 0 aromatic carbocycles. The van der Waals surface area contributed by atoms with Gasteiger partial charge in [-0.25, -0.2) is 4.68 Å². The molecule has 4 heterocycles. The van der Waals surface area contributed by atoms with Crippen molar-refractivity contribution in [3.05, 3.63) is 24.8 Å². The van der Waals surface area contributed by atoms with Gasteiger partial charge < -0.3 is 14.3 Å². The molecular formula is C11H10N6O2. The second kappa shape index (κ2) is 4.02. The fraction of sp³-hybridized carbons (Fsp3) is 0.273. The third-order valence-electron chi connectivity index (χ3n) is 3.07. The van der Waals surface area contributed by atoms with E-state index in [9.17, 15) is 0 Å². The maximum atomic E-state index is 5.18. The first-order valence-corrected chi connectivity index (χ1v) is 5.89. The molecule has 1 aliphatic heterocycles. The molecule has 8 heteroatoms. The van der Waals surface area contributed by atoms with Crippen LogP contribution in [0.25, 0.3) is 23.0 Å². The molecule has 0 saturated carbocycles. The molecule has 4 rings (SSSR count). The Labute approximate surface area is 107 Å². The molecule has 19 heavy (non-hydrogen) atoms. The number of nitrogens with one attached hydrogen (secondary N) is 1. The van der Waals surface area contributed by atoms with Gasteiger partial charge in [0.25, 0.3) is 5.89 Å². The van der Waals surface area contributed by atoms with E-state index in [2.05, 4.69) is 25.8 Å². The molecule has 1 saturated heterocycles. The van der Waals surface area contributed by atoms with E-state index in [1.807, 2.05) is 10.9 Å². The third-order valence-corrected chi connectivity index (χ3v) is 3.07. The lowest BCUT2D eigenvalue weighted by Gasteiger charge is -2.26. The highest BCUT2D eigenvalue weighted by Gasteiger charge is 2.22. The Morgan fingerprint density at radius 2 is 2.32 bits per heavy atom. The number of hydrogen-bond acceptors (Lipinski definition) is 7. The van der Waals surface area contributed by atoms with Crippen molar-refractivity contribution in [2.45, 2.75) is 6.04 Å². The van der Waals surface area contributed by atoms with Crippen molar-refractivity contribution in [1.82, 2.24) is 30.5 Å². The van der Waals surface area contributed by atoms with Gasteiger partial charge in [0.1, 0.15) is 6.26 Å². The summed E-state index contributed by atoms with van der Waals surface area (Å²) in [4.78, 5) is 4.27. The first-order valence-electron chi connectivity index (χ1n) is 5.89. The summed E-state index contributed by atoms with van der Waals surface area (Å²) in [6, 6.07) is 2.13. The molecule has 0 bridgehead atoms. The van der Waals surface area contributed by atoms with Crippen LogP contribution in [-0.2, 0) is 0 Å². The summed E-state index contributed by atoms with van der Waals surface area (Å²) in [5.41, 5.74) is 1.35. The molecule has 0 atom stereocenters. The molecule has 8 nitrogen and oxygen atoms in total. The summed E-state index contributed by atoms with van der Waals surface area (Å²) in [5, 5.41) is 15.2. The topological polar surface area (TPSA) is 94.8 Å². The van der Waals surface area contributed by atoms with Gasteiger partial charge in [-0.1, -0.05) is 10.4 Å². The number of nitrogens with zero attached hydrogens (tertiary/aromatic N) is 5. The van der Waals surface area contributed by atoms with Crippen LogP contribution in [0.3, 0.4) is 0 Å². The van der Waals surface area contributed by atoms with E-state index in [1.165, 1.54) is 0 Å². The second-order valence-corrected chi connectivity index (χ2v) is 4.33. The maximum Gasteiger partial charge on any atom is 0.280 e. The van der Waals surface area contributed by atoms with Crippen molar-refractivity contribution in [1.29, 1.82) is 0 Å². The highest BCUT2D eigenvalue weighted by atomic mass is 16.5. The van der Waals surface area contributed by atoms with Crippen LogP contribution >= 0.6 is 0 Å². The van der Waals surface area contributed by atoms with Gasteiger partial charge in [0, 0.05) is 13.1 Å². The summed E-state index contributed by atoms with van der Waals surface area (Å²) in [7, 11) is 0. The van der Waals surface area contributed by atoms with Crippen LogP contribution in [-0.4, -0.2) is 38.2 Å². The van der Waals surface area contributed by atoms with Crippen molar-refractivity contribution in [3.63, 3.8) is 0 Å². The van der Waals surface area contributed by atoms with Crippen LogP contribution < -0.4 is 5.32 Å². The summed E-state index contributed by atoms with van der Waals surface area (Å²) < 4.78 is 12.0. The zero-order chi connectivity index (χ0) is 12.7. The number of rotatable bonds is 3. The maximum absolute atomic E-state index is 5.18. The predicted molar refractivity (Wildman–Crippen MR) is 62.9 cm³/mol. The lowest BCUT2D eigenvalue weighted by molar-refractivity contribution is 0.313. The molecule has 3 aromatic rings. The van der Waals surface area contributed by atoms with Crippen LogP contribution in [0.2, 0.25) is 0 Å². The van der Waals surface area contributed by atoms with Crippen molar-refractivity contribution in [2.75, 3.05) is 13.1 Å². The zero-order valence-corrected chi connectivity index (χ0v) is 9.85. The van der Waals surface area contributed by atoms with Crippen LogP contribution in [0, 0.1) is 0 Å². The van der Waals surface area contributed by atoms with E-state index in [1.54, 1.807) is 18.6 Å². The van der Waals surface area contributed by atoms with E-state index in [-0.39, 0.29) is 0 Å². The SMILES string of the molecule is c1cc(-c2noc(-c3cn(C4CNC4)nn3)n2)co1. The average molecular weight is 258 g/mol.